The van der Waals surface area contributed by atoms with Gasteiger partial charge in [0, 0.05) is 25.8 Å². The largest absolute Gasteiger partial charge is 0.379 e. The van der Waals surface area contributed by atoms with Crippen molar-refractivity contribution >= 4 is 12.4 Å². The van der Waals surface area contributed by atoms with Crippen LogP contribution in [0, 0.1) is 0 Å². The van der Waals surface area contributed by atoms with Gasteiger partial charge in [-0.2, -0.15) is 0 Å². The zero-order chi connectivity index (χ0) is 32.0. The van der Waals surface area contributed by atoms with Crippen molar-refractivity contribution in [3.8, 4) is 0 Å². The molecule has 0 amide bonds. The summed E-state index contributed by atoms with van der Waals surface area (Å²) in [6, 6.07) is 0.499. The molecule has 0 aliphatic rings. The van der Waals surface area contributed by atoms with Gasteiger partial charge < -0.3 is 19.5 Å². The van der Waals surface area contributed by atoms with Gasteiger partial charge in [0.15, 0.2) is 0 Å². The molecule has 1 unspecified atom stereocenters. The van der Waals surface area contributed by atoms with Crippen LogP contribution in [0.25, 0.3) is 0 Å². The fourth-order valence-corrected chi connectivity index (χ4v) is 5.94. The second kappa shape index (κ2) is 42.2. The molecule has 274 valence electrons. The summed E-state index contributed by atoms with van der Waals surface area (Å²) in [6.07, 6.45) is 39.0. The van der Waals surface area contributed by atoms with Crippen molar-refractivity contribution in [3.63, 3.8) is 0 Å². The molecular weight excluding hydrogens is 578 g/mol. The highest BCUT2D eigenvalue weighted by molar-refractivity contribution is 5.85. The molecule has 5 heteroatoms. The third-order valence-corrected chi connectivity index (χ3v) is 8.90. The molecule has 0 saturated heterocycles. The molecule has 0 saturated carbocycles. The van der Waals surface area contributed by atoms with Crippen molar-refractivity contribution in [3.05, 3.63) is 0 Å². The molecule has 1 atom stereocenters. The third-order valence-electron chi connectivity index (χ3n) is 8.90. The van der Waals surface area contributed by atoms with E-state index in [0.717, 1.165) is 32.8 Å². The van der Waals surface area contributed by atoms with Gasteiger partial charge in [0.05, 0.1) is 19.8 Å². The van der Waals surface area contributed by atoms with Crippen LogP contribution < -0.4 is 5.32 Å². The number of hydrogen-bond donors (Lipinski definition) is 1. The zero-order valence-corrected chi connectivity index (χ0v) is 32.1. The van der Waals surface area contributed by atoms with Gasteiger partial charge in [-0.05, 0) is 12.8 Å². The van der Waals surface area contributed by atoms with Gasteiger partial charge in [-0.15, -0.1) is 12.4 Å². The summed E-state index contributed by atoms with van der Waals surface area (Å²) >= 11 is 0. The van der Waals surface area contributed by atoms with Crippen molar-refractivity contribution in [2.45, 2.75) is 220 Å². The van der Waals surface area contributed by atoms with Crippen LogP contribution in [-0.4, -0.2) is 51.7 Å². The smallest absolute Gasteiger partial charge is 0.104 e. The number of rotatable bonds is 39. The zero-order valence-electron chi connectivity index (χ0n) is 31.3. The van der Waals surface area contributed by atoms with Crippen LogP contribution in [0.15, 0.2) is 0 Å². The Hall–Kier alpha value is 0.130. The molecule has 0 fully saturated rings. The lowest BCUT2D eigenvalue weighted by molar-refractivity contribution is -0.0607. The van der Waals surface area contributed by atoms with E-state index in [-0.39, 0.29) is 18.5 Å². The lowest BCUT2D eigenvalue weighted by Crippen LogP contribution is -2.30. The third kappa shape index (κ3) is 42.1. The van der Waals surface area contributed by atoms with E-state index in [9.17, 15) is 0 Å². The van der Waals surface area contributed by atoms with Crippen LogP contribution >= 0.6 is 12.4 Å². The first-order valence-electron chi connectivity index (χ1n) is 20.2. The molecule has 0 aromatic rings. The Morgan fingerprint density at radius 3 is 1.07 bits per heavy atom. The molecule has 1 N–H and O–H groups in total. The van der Waals surface area contributed by atoms with Crippen molar-refractivity contribution in [2.75, 3.05) is 39.6 Å². The van der Waals surface area contributed by atoms with E-state index < -0.39 is 0 Å². The van der Waals surface area contributed by atoms with Crippen LogP contribution in [0.3, 0.4) is 0 Å². The Labute approximate surface area is 290 Å². The van der Waals surface area contributed by atoms with Gasteiger partial charge >= 0.3 is 0 Å². The topological polar surface area (TPSA) is 39.7 Å². The summed E-state index contributed by atoms with van der Waals surface area (Å²) in [6.45, 7) is 13.5. The predicted octanol–water partition coefficient (Wildman–Crippen LogP) is 12.8. The van der Waals surface area contributed by atoms with E-state index in [1.165, 1.54) is 173 Å². The standard InChI is InChI=1S/C40H83NO3.ClH/c1-5-7-9-11-13-15-17-19-21-23-25-27-29-31-34-42-37-40(38-43-36-33-41-39(3)4)44-35-32-30-28-26-24-22-20-18-16-14-12-10-8-6-2;/h39-41H,5-38H2,1-4H3;1H. The summed E-state index contributed by atoms with van der Waals surface area (Å²) in [7, 11) is 0. The van der Waals surface area contributed by atoms with E-state index in [1.807, 2.05) is 0 Å². The number of ether oxygens (including phenoxy) is 3. The van der Waals surface area contributed by atoms with E-state index in [2.05, 4.69) is 33.0 Å². The van der Waals surface area contributed by atoms with Crippen LogP contribution in [0.1, 0.15) is 207 Å². The normalized spacial score (nSPS) is 12.2. The highest BCUT2D eigenvalue weighted by atomic mass is 35.5. The fraction of sp³-hybridized carbons (Fsp3) is 1.00. The Balaban J connectivity index is 0. The van der Waals surface area contributed by atoms with Gasteiger partial charge in [0.25, 0.3) is 0 Å². The minimum absolute atomic E-state index is 0. The maximum Gasteiger partial charge on any atom is 0.104 e. The van der Waals surface area contributed by atoms with E-state index in [1.54, 1.807) is 0 Å². The van der Waals surface area contributed by atoms with Crippen LogP contribution in [-0.2, 0) is 14.2 Å². The molecule has 0 aromatic carbocycles. The Morgan fingerprint density at radius 1 is 0.400 bits per heavy atom. The van der Waals surface area contributed by atoms with Crippen molar-refractivity contribution < 1.29 is 14.2 Å². The van der Waals surface area contributed by atoms with Gasteiger partial charge in [0.1, 0.15) is 6.10 Å². The fourth-order valence-electron chi connectivity index (χ4n) is 5.94. The van der Waals surface area contributed by atoms with E-state index in [4.69, 9.17) is 14.2 Å². The lowest BCUT2D eigenvalue weighted by Gasteiger charge is -2.19. The van der Waals surface area contributed by atoms with Gasteiger partial charge in [-0.3, -0.25) is 0 Å². The number of unbranched alkanes of at least 4 members (excludes halogenated alkanes) is 26. The van der Waals surface area contributed by atoms with Crippen molar-refractivity contribution in [2.24, 2.45) is 0 Å². The van der Waals surface area contributed by atoms with E-state index >= 15 is 0 Å². The van der Waals surface area contributed by atoms with Crippen molar-refractivity contribution in [1.29, 1.82) is 0 Å². The Bertz CT molecular complexity index is 508. The first-order valence-corrected chi connectivity index (χ1v) is 20.2. The van der Waals surface area contributed by atoms with Gasteiger partial charge in [0.2, 0.25) is 0 Å². The number of nitrogens with one attached hydrogen (secondary N) is 1. The average molecular weight is 663 g/mol. The molecular formula is C40H84ClNO3. The average Bonchev–Trinajstić information content (AvgIpc) is 3.02. The number of hydrogen-bond acceptors (Lipinski definition) is 4. The molecule has 45 heavy (non-hydrogen) atoms. The first kappa shape index (κ1) is 47.2. The van der Waals surface area contributed by atoms with Gasteiger partial charge in [-0.1, -0.05) is 195 Å². The van der Waals surface area contributed by atoms with Crippen LogP contribution in [0.2, 0.25) is 0 Å². The quantitative estimate of drug-likeness (QED) is 0.0665. The molecule has 0 aliphatic carbocycles. The molecule has 0 spiro atoms. The molecule has 4 nitrogen and oxygen atoms in total. The lowest BCUT2D eigenvalue weighted by atomic mass is 10.0. The predicted molar refractivity (Wildman–Crippen MR) is 202 cm³/mol. The maximum atomic E-state index is 6.23. The highest BCUT2D eigenvalue weighted by Crippen LogP contribution is 2.14. The Kier molecular flexibility index (Phi) is 44.3. The highest BCUT2D eigenvalue weighted by Gasteiger charge is 2.10. The van der Waals surface area contributed by atoms with E-state index in [0.29, 0.717) is 19.3 Å². The maximum absolute atomic E-state index is 6.23. The molecule has 0 heterocycles. The molecule has 0 aromatic heterocycles. The summed E-state index contributed by atoms with van der Waals surface area (Å²) in [5.41, 5.74) is 0. The first-order chi connectivity index (χ1) is 21.7. The molecule has 0 bridgehead atoms. The molecule has 0 rings (SSSR count). The second-order valence-corrected chi connectivity index (χ2v) is 13.9. The minimum Gasteiger partial charge on any atom is -0.379 e. The summed E-state index contributed by atoms with van der Waals surface area (Å²) in [4.78, 5) is 0. The SMILES string of the molecule is CCCCCCCCCCCCCCCCOCC(COCCNC(C)C)OCCCCCCCCCCCCCCCC.Cl. The van der Waals surface area contributed by atoms with Crippen molar-refractivity contribution in [1.82, 2.24) is 5.32 Å². The van der Waals surface area contributed by atoms with Gasteiger partial charge in [-0.25, -0.2) is 0 Å². The summed E-state index contributed by atoms with van der Waals surface area (Å²) in [5.74, 6) is 0. The molecule has 0 radical (unpaired) electrons. The Morgan fingerprint density at radius 2 is 0.711 bits per heavy atom. The molecule has 0 aliphatic heterocycles. The minimum atomic E-state index is 0. The number of halogens is 1. The monoisotopic (exact) mass is 662 g/mol. The van der Waals surface area contributed by atoms with Crippen LogP contribution in [0.4, 0.5) is 0 Å². The van der Waals surface area contributed by atoms with Crippen LogP contribution in [0.5, 0.6) is 0 Å². The summed E-state index contributed by atoms with van der Waals surface area (Å²) in [5, 5.41) is 3.42. The summed E-state index contributed by atoms with van der Waals surface area (Å²) < 4.78 is 18.2. The second-order valence-electron chi connectivity index (χ2n) is 13.9.